The Morgan fingerprint density at radius 3 is 2.93 bits per heavy atom. The molecule has 1 rings (SSSR count). The number of esters is 1. The molecule has 0 aliphatic carbocycles. The summed E-state index contributed by atoms with van der Waals surface area (Å²) in [5.41, 5.74) is 5.73. The molecule has 0 aromatic carbocycles. The molecule has 0 radical (unpaired) electrons. The summed E-state index contributed by atoms with van der Waals surface area (Å²) < 4.78 is 5.98. The number of aromatic nitrogens is 3. The number of nitrogens with two attached hydrogens (primary N) is 1. The molecular formula is C7H13ClN4O2. The molecule has 14 heavy (non-hydrogen) atoms. The van der Waals surface area contributed by atoms with Crippen molar-refractivity contribution in [3.05, 3.63) is 11.9 Å². The first-order valence-electron chi connectivity index (χ1n) is 3.87. The standard InChI is InChI=1S/C7H12N4O2.ClH/c1-5(8)3-11-4-6(9-10-11)7(12)13-2;/h4-5H,3,8H2,1-2H3;1H/t5-;/m1./s1. The highest BCUT2D eigenvalue weighted by molar-refractivity contribution is 5.86. The molecule has 0 bridgehead atoms. The third kappa shape index (κ3) is 3.31. The fraction of sp³-hybridized carbons (Fsp3) is 0.571. The van der Waals surface area contributed by atoms with Crippen LogP contribution in [0, 0.1) is 0 Å². The lowest BCUT2D eigenvalue weighted by Gasteiger charge is -2.01. The summed E-state index contributed by atoms with van der Waals surface area (Å²) in [6, 6.07) is -0.0211. The van der Waals surface area contributed by atoms with Gasteiger partial charge in [0.1, 0.15) is 0 Å². The zero-order valence-electron chi connectivity index (χ0n) is 8.01. The van der Waals surface area contributed by atoms with Crippen molar-refractivity contribution in [2.45, 2.75) is 19.5 Å². The molecule has 0 aliphatic rings. The number of carbonyl (C=O) groups is 1. The third-order valence-electron chi connectivity index (χ3n) is 1.41. The van der Waals surface area contributed by atoms with Crippen molar-refractivity contribution in [1.82, 2.24) is 15.0 Å². The van der Waals surface area contributed by atoms with Crippen LogP contribution < -0.4 is 5.73 Å². The molecule has 0 spiro atoms. The van der Waals surface area contributed by atoms with Gasteiger partial charge in [-0.15, -0.1) is 17.5 Å². The number of ether oxygens (including phenoxy) is 1. The molecule has 6 nitrogen and oxygen atoms in total. The molecule has 1 atom stereocenters. The summed E-state index contributed by atoms with van der Waals surface area (Å²) in [6.45, 7) is 2.38. The van der Waals surface area contributed by atoms with Crippen LogP contribution in [0.5, 0.6) is 0 Å². The van der Waals surface area contributed by atoms with Gasteiger partial charge >= 0.3 is 5.97 Å². The second-order valence-corrected chi connectivity index (χ2v) is 2.79. The van der Waals surface area contributed by atoms with Gasteiger partial charge in [0.05, 0.1) is 19.9 Å². The van der Waals surface area contributed by atoms with E-state index in [9.17, 15) is 4.79 Å². The Bertz CT molecular complexity index is 300. The number of rotatable bonds is 3. The third-order valence-corrected chi connectivity index (χ3v) is 1.41. The molecule has 1 aromatic rings. The van der Waals surface area contributed by atoms with Gasteiger partial charge in [-0.1, -0.05) is 5.21 Å². The van der Waals surface area contributed by atoms with Gasteiger partial charge in [-0.25, -0.2) is 4.79 Å². The normalized spacial score (nSPS) is 11.6. The van der Waals surface area contributed by atoms with Crippen molar-refractivity contribution in [3.8, 4) is 0 Å². The Morgan fingerprint density at radius 1 is 1.79 bits per heavy atom. The lowest BCUT2D eigenvalue weighted by Crippen LogP contribution is -2.22. The minimum absolute atomic E-state index is 0. The lowest BCUT2D eigenvalue weighted by molar-refractivity contribution is 0.0594. The van der Waals surface area contributed by atoms with Gasteiger partial charge in [0.25, 0.3) is 0 Å². The zero-order chi connectivity index (χ0) is 9.84. The van der Waals surface area contributed by atoms with Crippen molar-refractivity contribution in [3.63, 3.8) is 0 Å². The monoisotopic (exact) mass is 220 g/mol. The smallest absolute Gasteiger partial charge is 0.360 e. The molecule has 0 aliphatic heterocycles. The maximum absolute atomic E-state index is 10.9. The number of halogens is 1. The van der Waals surface area contributed by atoms with Crippen molar-refractivity contribution in [2.24, 2.45) is 5.73 Å². The van der Waals surface area contributed by atoms with Gasteiger partial charge < -0.3 is 10.5 Å². The van der Waals surface area contributed by atoms with Crippen molar-refractivity contribution in [1.29, 1.82) is 0 Å². The SMILES string of the molecule is COC(=O)c1cn(C[C@@H](C)N)nn1.Cl. The Kier molecular flexibility index (Phi) is 5.11. The Morgan fingerprint density at radius 2 is 2.43 bits per heavy atom. The quantitative estimate of drug-likeness (QED) is 0.716. The fourth-order valence-corrected chi connectivity index (χ4v) is 0.881. The van der Waals surface area contributed by atoms with Crippen LogP contribution in [0.3, 0.4) is 0 Å². The maximum Gasteiger partial charge on any atom is 0.360 e. The van der Waals surface area contributed by atoms with Gasteiger partial charge in [0.15, 0.2) is 5.69 Å². The van der Waals surface area contributed by atoms with E-state index in [4.69, 9.17) is 5.73 Å². The zero-order valence-corrected chi connectivity index (χ0v) is 8.82. The second kappa shape index (κ2) is 5.56. The first-order chi connectivity index (χ1) is 6.13. The summed E-state index contributed by atoms with van der Waals surface area (Å²) in [4.78, 5) is 10.9. The van der Waals surface area contributed by atoms with E-state index in [0.29, 0.717) is 6.54 Å². The van der Waals surface area contributed by atoms with Crippen LogP contribution in [0.1, 0.15) is 17.4 Å². The van der Waals surface area contributed by atoms with E-state index in [1.807, 2.05) is 6.92 Å². The number of nitrogens with zero attached hydrogens (tertiary/aromatic N) is 3. The summed E-state index contributed by atoms with van der Waals surface area (Å²) >= 11 is 0. The fourth-order valence-electron chi connectivity index (χ4n) is 0.881. The molecule has 1 heterocycles. The summed E-state index contributed by atoms with van der Waals surface area (Å²) in [7, 11) is 1.30. The van der Waals surface area contributed by atoms with E-state index in [1.165, 1.54) is 18.0 Å². The van der Waals surface area contributed by atoms with Crippen molar-refractivity contribution >= 4 is 18.4 Å². The molecule has 0 fully saturated rings. The molecular weight excluding hydrogens is 208 g/mol. The molecule has 2 N–H and O–H groups in total. The Hall–Kier alpha value is -1.14. The Balaban J connectivity index is 0.00000169. The number of methoxy groups -OCH3 is 1. The highest BCUT2D eigenvalue weighted by atomic mass is 35.5. The van der Waals surface area contributed by atoms with Crippen LogP contribution in [-0.4, -0.2) is 34.1 Å². The highest BCUT2D eigenvalue weighted by Gasteiger charge is 2.10. The van der Waals surface area contributed by atoms with Gasteiger partial charge in [0.2, 0.25) is 0 Å². The van der Waals surface area contributed by atoms with Crippen LogP contribution in [-0.2, 0) is 11.3 Å². The van der Waals surface area contributed by atoms with E-state index in [0.717, 1.165) is 0 Å². The number of carbonyl (C=O) groups excluding carboxylic acids is 1. The molecule has 7 heteroatoms. The van der Waals surface area contributed by atoms with Crippen molar-refractivity contribution < 1.29 is 9.53 Å². The van der Waals surface area contributed by atoms with Crippen LogP contribution in [0.25, 0.3) is 0 Å². The van der Waals surface area contributed by atoms with Gasteiger partial charge in [-0.2, -0.15) is 0 Å². The van der Waals surface area contributed by atoms with E-state index >= 15 is 0 Å². The minimum atomic E-state index is -0.490. The highest BCUT2D eigenvalue weighted by Crippen LogP contribution is 1.95. The topological polar surface area (TPSA) is 83.0 Å². The molecule has 0 amide bonds. The summed E-state index contributed by atoms with van der Waals surface area (Å²) in [6.07, 6.45) is 1.51. The predicted molar refractivity (Wildman–Crippen MR) is 52.3 cm³/mol. The average Bonchev–Trinajstić information content (AvgIpc) is 2.50. The molecule has 1 aromatic heterocycles. The van der Waals surface area contributed by atoms with E-state index < -0.39 is 5.97 Å². The maximum atomic E-state index is 10.9. The molecule has 0 saturated carbocycles. The number of hydrogen-bond acceptors (Lipinski definition) is 5. The van der Waals surface area contributed by atoms with Gasteiger partial charge in [-0.3, -0.25) is 4.68 Å². The predicted octanol–water partition coefficient (Wildman–Crippen LogP) is -0.166. The summed E-state index contributed by atoms with van der Waals surface area (Å²) in [5, 5.41) is 7.33. The lowest BCUT2D eigenvalue weighted by atomic mass is 10.4. The van der Waals surface area contributed by atoms with Crippen LogP contribution in [0.2, 0.25) is 0 Å². The van der Waals surface area contributed by atoms with Crippen LogP contribution in [0.15, 0.2) is 6.20 Å². The average molecular weight is 221 g/mol. The first-order valence-corrected chi connectivity index (χ1v) is 3.87. The second-order valence-electron chi connectivity index (χ2n) is 2.79. The van der Waals surface area contributed by atoms with Gasteiger partial charge in [-0.05, 0) is 6.92 Å². The molecule has 0 unspecified atom stereocenters. The van der Waals surface area contributed by atoms with E-state index in [1.54, 1.807) is 0 Å². The summed E-state index contributed by atoms with van der Waals surface area (Å²) in [5.74, 6) is -0.490. The van der Waals surface area contributed by atoms with Crippen LogP contribution in [0.4, 0.5) is 0 Å². The Labute approximate surface area is 87.8 Å². The largest absolute Gasteiger partial charge is 0.464 e. The molecule has 0 saturated heterocycles. The first kappa shape index (κ1) is 12.9. The van der Waals surface area contributed by atoms with E-state index in [-0.39, 0.29) is 24.1 Å². The van der Waals surface area contributed by atoms with Crippen molar-refractivity contribution in [2.75, 3.05) is 7.11 Å². The number of hydrogen-bond donors (Lipinski definition) is 1. The molecule has 80 valence electrons. The minimum Gasteiger partial charge on any atom is -0.464 e. The van der Waals surface area contributed by atoms with Gasteiger partial charge in [0, 0.05) is 6.04 Å². The van der Waals surface area contributed by atoms with Crippen LogP contribution >= 0.6 is 12.4 Å². The van der Waals surface area contributed by atoms with E-state index in [2.05, 4.69) is 15.0 Å².